The number of rotatable bonds is 28. The van der Waals surface area contributed by atoms with Gasteiger partial charge in [-0.25, -0.2) is 19.3 Å². The van der Waals surface area contributed by atoms with E-state index in [4.69, 9.17) is 23.9 Å². The summed E-state index contributed by atoms with van der Waals surface area (Å²) in [5, 5.41) is 16.4. The number of carbonyl (C=O) groups is 5. The van der Waals surface area contributed by atoms with Gasteiger partial charge < -0.3 is 34.3 Å². The molecule has 3 aliphatic rings. The Morgan fingerprint density at radius 2 is 1.50 bits per heavy atom. The number of benzene rings is 2. The highest BCUT2D eigenvalue weighted by Crippen LogP contribution is 2.30. The summed E-state index contributed by atoms with van der Waals surface area (Å²) in [6, 6.07) is 17.7. The summed E-state index contributed by atoms with van der Waals surface area (Å²) in [4.78, 5) is 93.4. The Bertz CT molecular complexity index is 2930. The van der Waals surface area contributed by atoms with E-state index >= 15 is 0 Å². The minimum atomic E-state index is -1.16. The number of hydrogen-bond donors (Lipinski definition) is 3. The van der Waals surface area contributed by atoms with Crippen molar-refractivity contribution in [2.75, 3.05) is 95.8 Å². The van der Waals surface area contributed by atoms with Gasteiger partial charge in [0.05, 0.1) is 69.6 Å². The Morgan fingerprint density at radius 1 is 0.821 bits per heavy atom. The number of anilines is 3. The van der Waals surface area contributed by atoms with Crippen LogP contribution in [0.25, 0.3) is 16.9 Å². The molecule has 3 aromatic heterocycles. The summed E-state index contributed by atoms with van der Waals surface area (Å²) in [6.07, 6.45) is 8.04. The van der Waals surface area contributed by atoms with Crippen molar-refractivity contribution in [2.45, 2.75) is 97.2 Å². The van der Waals surface area contributed by atoms with Crippen LogP contribution >= 0.6 is 0 Å². The van der Waals surface area contributed by atoms with Crippen molar-refractivity contribution < 1.29 is 48.0 Å². The number of aryl methyl sites for hydroxylation is 1. The van der Waals surface area contributed by atoms with Gasteiger partial charge in [-0.3, -0.25) is 43.9 Å². The molecule has 0 bridgehead atoms. The number of allylic oxidation sites excluding steroid dienone is 1. The van der Waals surface area contributed by atoms with Gasteiger partial charge in [-0.05, 0) is 101 Å². The molecule has 21 nitrogen and oxygen atoms in total. The number of nitrogens with zero attached hydrogens (tertiary/aromatic N) is 8. The monoisotopic (exact) mass is 1070 g/mol. The van der Waals surface area contributed by atoms with E-state index in [1.807, 2.05) is 19.1 Å². The molecule has 0 spiro atoms. The van der Waals surface area contributed by atoms with E-state index < -0.39 is 29.4 Å². The summed E-state index contributed by atoms with van der Waals surface area (Å²) >= 11 is 0. The van der Waals surface area contributed by atoms with Gasteiger partial charge in [0.25, 0.3) is 17.4 Å². The number of aliphatic hydroxyl groups is 1. The van der Waals surface area contributed by atoms with E-state index in [0.717, 1.165) is 80.4 Å². The summed E-state index contributed by atoms with van der Waals surface area (Å²) in [5.41, 5.74) is 2.91. The fourth-order valence-electron chi connectivity index (χ4n) is 9.36. The molecule has 2 aromatic carbocycles. The molecule has 418 valence electrons. The minimum Gasteiger partial charge on any atom is -0.384 e. The first-order chi connectivity index (χ1) is 37.7. The van der Waals surface area contributed by atoms with Crippen LogP contribution in [0.1, 0.15) is 105 Å². The third-order valence-corrected chi connectivity index (χ3v) is 13.5. The zero-order chi connectivity index (χ0) is 55.6. The second kappa shape index (κ2) is 28.6. The average molecular weight is 1080 g/mol. The van der Waals surface area contributed by atoms with Gasteiger partial charge in [0.2, 0.25) is 17.8 Å². The van der Waals surface area contributed by atoms with E-state index in [0.29, 0.717) is 105 Å². The number of piperazine rings is 1. The number of aromatic nitrogens is 5. The molecular weight excluding hydrogens is 1000 g/mol. The van der Waals surface area contributed by atoms with Crippen LogP contribution in [0.5, 0.6) is 0 Å². The molecule has 0 radical (unpaired) electrons. The van der Waals surface area contributed by atoms with Crippen LogP contribution in [-0.4, -0.2) is 160 Å². The molecule has 0 aliphatic carbocycles. The van der Waals surface area contributed by atoms with E-state index in [-0.39, 0.29) is 36.6 Å². The van der Waals surface area contributed by atoms with Crippen molar-refractivity contribution >= 4 is 57.8 Å². The highest BCUT2D eigenvalue weighted by atomic mass is 16.6. The Labute approximate surface area is 454 Å². The molecular formula is C57H74N10O11. The molecule has 1 atom stereocenters. The highest BCUT2D eigenvalue weighted by molar-refractivity contribution is 6.24. The number of ether oxygens (including phenoxy) is 4. The summed E-state index contributed by atoms with van der Waals surface area (Å²) in [5.74, 6) is -0.823. The second-order valence-electron chi connectivity index (χ2n) is 19.7. The number of pyridine rings is 1. The lowest BCUT2D eigenvalue weighted by Crippen LogP contribution is -2.54. The molecule has 4 amide bonds. The standard InChI is InChI=1S/C42H60N8O7.C15H14N2O4/c1-5-18-49-40(52)36-32-43-41(46-39(36)50(49)38-12-9-11-37(45-38)42(3,4)53)44-33-13-15-34(16-14-33)48-22-20-47(21-23-48)19-8-7-10-35(51)17-25-55-27-29-57-31-30-56-28-26-54-24-6-2;1-2-8-4-3-5-9-12(8)15(21)17(14(9)20)10-6-7-11(18)16-13(10)19/h5,9,11-16,32,53H,1,6-8,10,17-31H2,2-4H3,(H,43,44,46);3-5,10H,2,6-7H2,1H3,(H,16,18,19). The number of nitrogens with one attached hydrogen (secondary N) is 2. The van der Waals surface area contributed by atoms with Crippen LogP contribution in [0.4, 0.5) is 17.3 Å². The number of imide groups is 2. The highest BCUT2D eigenvalue weighted by Gasteiger charge is 2.45. The largest absolute Gasteiger partial charge is 0.384 e. The first kappa shape index (κ1) is 58.7. The molecule has 2 fully saturated rings. The second-order valence-corrected chi connectivity index (χ2v) is 19.7. The first-order valence-electron chi connectivity index (χ1n) is 27.0. The van der Waals surface area contributed by atoms with Crippen LogP contribution < -0.4 is 21.1 Å². The number of unbranched alkanes of at least 4 members (excludes halogenated alkanes) is 1. The lowest BCUT2D eigenvalue weighted by Gasteiger charge is -2.36. The maximum atomic E-state index is 13.3. The molecule has 5 aromatic rings. The number of amides is 4. The molecule has 0 saturated carbocycles. The van der Waals surface area contributed by atoms with Gasteiger partial charge >= 0.3 is 0 Å². The van der Waals surface area contributed by atoms with Crippen LogP contribution in [-0.2, 0) is 51.9 Å². The topological polar surface area (TPSA) is 242 Å². The van der Waals surface area contributed by atoms with Gasteiger partial charge in [0.1, 0.15) is 22.8 Å². The predicted molar refractivity (Wildman–Crippen MR) is 294 cm³/mol. The van der Waals surface area contributed by atoms with E-state index in [1.54, 1.807) is 61.0 Å². The number of Topliss-reactive ketones (excluding diaryl/α,β-unsaturated/α-hetero) is 1. The third-order valence-electron chi connectivity index (χ3n) is 13.5. The number of hydrogen-bond acceptors (Lipinski definition) is 17. The smallest absolute Gasteiger partial charge is 0.278 e. The van der Waals surface area contributed by atoms with Crippen molar-refractivity contribution in [3.05, 3.63) is 112 Å². The van der Waals surface area contributed by atoms with Crippen molar-refractivity contribution in [2.24, 2.45) is 0 Å². The normalized spacial score (nSPS) is 15.8. The zero-order valence-electron chi connectivity index (χ0n) is 45.4. The molecule has 6 heterocycles. The Kier molecular flexibility index (Phi) is 21.5. The minimum absolute atomic E-state index is 0.129. The van der Waals surface area contributed by atoms with E-state index in [2.05, 4.69) is 56.0 Å². The number of carbonyl (C=O) groups excluding carboxylic acids is 5. The molecule has 2 saturated heterocycles. The van der Waals surface area contributed by atoms with E-state index in [1.165, 1.54) is 10.9 Å². The third kappa shape index (κ3) is 15.4. The predicted octanol–water partition coefficient (Wildman–Crippen LogP) is 5.51. The lowest BCUT2D eigenvalue weighted by molar-refractivity contribution is -0.136. The molecule has 3 N–H and O–H groups in total. The molecule has 21 heteroatoms. The van der Waals surface area contributed by atoms with Gasteiger partial charge in [-0.1, -0.05) is 38.1 Å². The zero-order valence-corrected chi connectivity index (χ0v) is 45.4. The molecule has 1 unspecified atom stereocenters. The van der Waals surface area contributed by atoms with Crippen molar-refractivity contribution in [3.8, 4) is 5.82 Å². The van der Waals surface area contributed by atoms with Crippen LogP contribution in [0, 0.1) is 0 Å². The maximum Gasteiger partial charge on any atom is 0.278 e. The van der Waals surface area contributed by atoms with Gasteiger partial charge in [0, 0.05) is 69.6 Å². The van der Waals surface area contributed by atoms with Crippen LogP contribution in [0.3, 0.4) is 0 Å². The van der Waals surface area contributed by atoms with Crippen molar-refractivity contribution in [1.29, 1.82) is 0 Å². The van der Waals surface area contributed by atoms with Gasteiger partial charge in [-0.15, -0.1) is 6.58 Å². The molecule has 8 rings (SSSR count). The number of piperidine rings is 1. The molecule has 3 aliphatic heterocycles. The summed E-state index contributed by atoms with van der Waals surface area (Å²) < 4.78 is 25.0. The Hall–Kier alpha value is -7.01. The van der Waals surface area contributed by atoms with Crippen molar-refractivity contribution in [1.82, 2.24) is 39.4 Å². The Morgan fingerprint density at radius 3 is 2.15 bits per heavy atom. The molecule has 78 heavy (non-hydrogen) atoms. The summed E-state index contributed by atoms with van der Waals surface area (Å²) in [7, 11) is 0. The maximum absolute atomic E-state index is 13.3. The quantitative estimate of drug-likeness (QED) is 0.0318. The van der Waals surface area contributed by atoms with Gasteiger partial charge in [-0.2, -0.15) is 4.98 Å². The van der Waals surface area contributed by atoms with E-state index in [9.17, 15) is 33.9 Å². The summed E-state index contributed by atoms with van der Waals surface area (Å²) in [6.45, 7) is 20.6. The average Bonchev–Trinajstić information content (AvgIpc) is 3.96. The fraction of sp³-hybridized carbons (Fsp3) is 0.491. The van der Waals surface area contributed by atoms with Crippen molar-refractivity contribution in [3.63, 3.8) is 0 Å². The Balaban J connectivity index is 0.000000347. The lowest BCUT2D eigenvalue weighted by atomic mass is 10.0. The van der Waals surface area contributed by atoms with Gasteiger partial charge in [0.15, 0.2) is 11.5 Å². The van der Waals surface area contributed by atoms with Crippen LogP contribution in [0.15, 0.2) is 84.3 Å². The first-order valence-corrected chi connectivity index (χ1v) is 27.0. The number of fused-ring (bicyclic) bond motifs is 2. The number of ketones is 1. The fourth-order valence-corrected chi connectivity index (χ4v) is 9.36. The SMILES string of the molecule is C=CCn1c(=O)c2cnc(Nc3ccc(N4CCN(CCCCC(=O)CCOCCOCCOCCOCCC)CC4)cc3)nc2n1-c1cccc(C(C)(C)O)n1.CCc1cccc2c1C(=O)N(C1CCC(=O)NC1=O)C2=O. The van der Waals surface area contributed by atoms with Crippen LogP contribution in [0.2, 0.25) is 0 Å².